The lowest BCUT2D eigenvalue weighted by atomic mass is 10.1. The molecule has 0 radical (unpaired) electrons. The Morgan fingerprint density at radius 3 is 2.56 bits per heavy atom. The van der Waals surface area contributed by atoms with Crippen LogP contribution < -0.4 is 10.6 Å². The fourth-order valence-corrected chi connectivity index (χ4v) is 3.74. The highest BCUT2D eigenvalue weighted by molar-refractivity contribution is 7.15. The largest absolute Gasteiger partial charge is 0.347 e. The molecular formula is C17H19N5O4S. The smallest absolute Gasteiger partial charge is 0.269 e. The van der Waals surface area contributed by atoms with Crippen molar-refractivity contribution in [1.29, 1.82) is 0 Å². The first-order valence-electron chi connectivity index (χ1n) is 8.64. The number of benzene rings is 1. The molecule has 2 aromatic rings. The third-order valence-electron chi connectivity index (χ3n) is 4.36. The molecule has 2 amide bonds. The van der Waals surface area contributed by atoms with Gasteiger partial charge < -0.3 is 5.32 Å². The van der Waals surface area contributed by atoms with Gasteiger partial charge in [-0.25, -0.2) is 0 Å². The maximum absolute atomic E-state index is 11.9. The van der Waals surface area contributed by atoms with Crippen molar-refractivity contribution in [2.45, 2.75) is 32.1 Å². The highest BCUT2D eigenvalue weighted by Gasteiger charge is 2.22. The fraction of sp³-hybridized carbons (Fsp3) is 0.412. The molecule has 9 nitrogen and oxygen atoms in total. The minimum Gasteiger partial charge on any atom is -0.347 e. The Bertz CT molecular complexity index is 830. The summed E-state index contributed by atoms with van der Waals surface area (Å²) in [7, 11) is 0. The summed E-state index contributed by atoms with van der Waals surface area (Å²) in [6.07, 6.45) is 4.36. The van der Waals surface area contributed by atoms with E-state index in [4.69, 9.17) is 0 Å². The average molecular weight is 389 g/mol. The first-order valence-corrected chi connectivity index (χ1v) is 9.46. The number of carbonyl (C=O) groups excluding carboxylic acids is 2. The van der Waals surface area contributed by atoms with Gasteiger partial charge in [-0.3, -0.25) is 25.0 Å². The topological polar surface area (TPSA) is 127 Å². The van der Waals surface area contributed by atoms with Gasteiger partial charge in [-0.1, -0.05) is 36.3 Å². The Kier molecular flexibility index (Phi) is 6.07. The molecule has 2 N–H and O–H groups in total. The molecule has 0 spiro atoms. The Hall–Kier alpha value is -2.88. The number of hydrogen-bond acceptors (Lipinski definition) is 7. The predicted octanol–water partition coefficient (Wildman–Crippen LogP) is 2.28. The van der Waals surface area contributed by atoms with E-state index in [1.165, 1.54) is 23.5 Å². The zero-order valence-electron chi connectivity index (χ0n) is 14.5. The van der Waals surface area contributed by atoms with Crippen molar-refractivity contribution in [2.24, 2.45) is 5.92 Å². The number of nitro groups is 1. The summed E-state index contributed by atoms with van der Waals surface area (Å²) in [6.45, 7) is -0.0907. The van der Waals surface area contributed by atoms with Crippen molar-refractivity contribution in [2.75, 3.05) is 11.9 Å². The summed E-state index contributed by atoms with van der Waals surface area (Å²) in [5, 5.41) is 24.9. The van der Waals surface area contributed by atoms with E-state index >= 15 is 0 Å². The summed E-state index contributed by atoms with van der Waals surface area (Å²) < 4.78 is 0. The number of nitrogens with one attached hydrogen (secondary N) is 2. The molecule has 1 aromatic heterocycles. The molecule has 0 aliphatic heterocycles. The van der Waals surface area contributed by atoms with Gasteiger partial charge in [0.1, 0.15) is 5.01 Å². The summed E-state index contributed by atoms with van der Waals surface area (Å²) in [4.78, 5) is 34.1. The molecule has 0 bridgehead atoms. The van der Waals surface area contributed by atoms with Crippen molar-refractivity contribution in [3.05, 3.63) is 45.0 Å². The lowest BCUT2D eigenvalue weighted by Crippen LogP contribution is -2.36. The molecule has 1 aliphatic rings. The number of non-ortho nitro benzene ring substituents is 1. The number of hydrogen-bond donors (Lipinski definition) is 2. The number of aromatic nitrogens is 2. The molecule has 1 aliphatic carbocycles. The molecule has 1 aromatic carbocycles. The van der Waals surface area contributed by atoms with E-state index in [-0.39, 0.29) is 30.0 Å². The van der Waals surface area contributed by atoms with Crippen LogP contribution in [-0.4, -0.2) is 33.5 Å². The van der Waals surface area contributed by atoms with Crippen molar-refractivity contribution < 1.29 is 14.5 Å². The van der Waals surface area contributed by atoms with Crippen LogP contribution in [-0.2, 0) is 16.0 Å². The van der Waals surface area contributed by atoms with Gasteiger partial charge in [-0.05, 0) is 18.4 Å². The van der Waals surface area contributed by atoms with Crippen LogP contribution in [0.3, 0.4) is 0 Å². The molecule has 27 heavy (non-hydrogen) atoms. The van der Waals surface area contributed by atoms with Crippen LogP contribution in [0.5, 0.6) is 0 Å². The number of anilines is 1. The summed E-state index contributed by atoms with van der Waals surface area (Å²) >= 11 is 1.23. The minimum absolute atomic E-state index is 0.0210. The molecule has 10 heteroatoms. The summed E-state index contributed by atoms with van der Waals surface area (Å²) in [5.41, 5.74) is 0.891. The van der Waals surface area contributed by atoms with Crippen molar-refractivity contribution in [3.8, 4) is 0 Å². The van der Waals surface area contributed by atoms with Crippen LogP contribution >= 0.6 is 11.3 Å². The van der Waals surface area contributed by atoms with Crippen molar-refractivity contribution in [1.82, 2.24) is 15.5 Å². The number of carbonyl (C=O) groups is 2. The number of nitro benzene ring substituents is 1. The second-order valence-corrected chi connectivity index (χ2v) is 7.41. The Morgan fingerprint density at radius 2 is 1.89 bits per heavy atom. The van der Waals surface area contributed by atoms with Gasteiger partial charge in [0, 0.05) is 24.5 Å². The van der Waals surface area contributed by atoms with Crippen molar-refractivity contribution >= 4 is 34.0 Å². The monoisotopic (exact) mass is 389 g/mol. The van der Waals surface area contributed by atoms with Crippen LogP contribution in [0.2, 0.25) is 0 Å². The zero-order chi connectivity index (χ0) is 19.2. The molecule has 1 heterocycles. The lowest BCUT2D eigenvalue weighted by molar-refractivity contribution is -0.384. The zero-order valence-corrected chi connectivity index (χ0v) is 15.3. The number of rotatable bonds is 7. The summed E-state index contributed by atoms with van der Waals surface area (Å²) in [5.74, 6) is -0.397. The van der Waals surface area contributed by atoms with Crippen LogP contribution in [0.15, 0.2) is 24.3 Å². The van der Waals surface area contributed by atoms with E-state index in [2.05, 4.69) is 20.8 Å². The van der Waals surface area contributed by atoms with Gasteiger partial charge in [0.15, 0.2) is 0 Å². The van der Waals surface area contributed by atoms with Gasteiger partial charge in [-0.15, -0.1) is 10.2 Å². The molecule has 0 atom stereocenters. The van der Waals surface area contributed by atoms with Crippen LogP contribution in [0.25, 0.3) is 0 Å². The second-order valence-electron chi connectivity index (χ2n) is 6.35. The van der Waals surface area contributed by atoms with E-state index in [0.29, 0.717) is 16.6 Å². The fourth-order valence-electron chi connectivity index (χ4n) is 2.95. The van der Waals surface area contributed by atoms with E-state index in [1.807, 2.05) is 0 Å². The third-order valence-corrected chi connectivity index (χ3v) is 5.20. The highest BCUT2D eigenvalue weighted by Crippen LogP contribution is 2.24. The Labute approximate surface area is 159 Å². The standard InChI is InChI=1S/C17H19N5O4S/c23-14(10-18-16(24)12-3-1-2-4-12)19-17-21-20-15(27-17)9-11-5-7-13(8-6-11)22(25)26/h5-8,12H,1-4,9-10H2,(H,18,24)(H,19,21,23). The van der Waals surface area contributed by atoms with Gasteiger partial charge in [0.25, 0.3) is 5.69 Å². The summed E-state index contributed by atoms with van der Waals surface area (Å²) in [6, 6.07) is 6.20. The van der Waals surface area contributed by atoms with E-state index in [1.54, 1.807) is 12.1 Å². The van der Waals surface area contributed by atoms with Gasteiger partial charge in [0.2, 0.25) is 16.9 Å². The Morgan fingerprint density at radius 1 is 1.19 bits per heavy atom. The maximum Gasteiger partial charge on any atom is 0.269 e. The van der Waals surface area contributed by atoms with E-state index in [0.717, 1.165) is 31.2 Å². The average Bonchev–Trinajstić information content (AvgIpc) is 3.32. The molecule has 1 saturated carbocycles. The van der Waals surface area contributed by atoms with E-state index < -0.39 is 4.92 Å². The molecule has 142 valence electrons. The van der Waals surface area contributed by atoms with Crippen LogP contribution in [0.1, 0.15) is 36.3 Å². The normalized spacial score (nSPS) is 14.1. The maximum atomic E-state index is 11.9. The van der Waals surface area contributed by atoms with Crippen LogP contribution in [0, 0.1) is 16.0 Å². The predicted molar refractivity (Wildman–Crippen MR) is 99.4 cm³/mol. The molecule has 0 unspecified atom stereocenters. The quantitative estimate of drug-likeness (QED) is 0.552. The van der Waals surface area contributed by atoms with E-state index in [9.17, 15) is 19.7 Å². The molecule has 0 saturated heterocycles. The van der Waals surface area contributed by atoms with Gasteiger partial charge in [-0.2, -0.15) is 0 Å². The second kappa shape index (κ2) is 8.67. The number of nitrogens with zero attached hydrogens (tertiary/aromatic N) is 3. The van der Waals surface area contributed by atoms with Crippen molar-refractivity contribution in [3.63, 3.8) is 0 Å². The third kappa shape index (κ3) is 5.30. The van der Waals surface area contributed by atoms with Crippen LogP contribution in [0.4, 0.5) is 10.8 Å². The lowest BCUT2D eigenvalue weighted by Gasteiger charge is -2.09. The molecule has 3 rings (SSSR count). The molecule has 1 fully saturated rings. The molecular weight excluding hydrogens is 370 g/mol. The number of amides is 2. The Balaban J connectivity index is 1.47. The van der Waals surface area contributed by atoms with Gasteiger partial charge >= 0.3 is 0 Å². The van der Waals surface area contributed by atoms with Gasteiger partial charge in [0.05, 0.1) is 11.5 Å². The first-order chi connectivity index (χ1) is 13.0. The minimum atomic E-state index is -0.451. The SMILES string of the molecule is O=C(CNC(=O)C1CCCC1)Nc1nnc(Cc2ccc([N+](=O)[O-])cc2)s1. The highest BCUT2D eigenvalue weighted by atomic mass is 32.1. The first kappa shape index (κ1) is 18.9.